The van der Waals surface area contributed by atoms with Gasteiger partial charge in [0.15, 0.2) is 0 Å². The van der Waals surface area contributed by atoms with E-state index in [-0.39, 0.29) is 12.5 Å². The Hall–Kier alpha value is -1.39. The first-order chi connectivity index (χ1) is 9.63. The van der Waals surface area contributed by atoms with E-state index in [1.54, 1.807) is 0 Å². The second-order valence-electron chi connectivity index (χ2n) is 5.50. The minimum absolute atomic E-state index is 0.113. The molecule has 0 aromatic carbocycles. The highest BCUT2D eigenvalue weighted by atomic mass is 16.2. The zero-order valence-corrected chi connectivity index (χ0v) is 12.4. The van der Waals surface area contributed by atoms with Crippen molar-refractivity contribution in [1.82, 2.24) is 10.6 Å². The van der Waals surface area contributed by atoms with Gasteiger partial charge in [-0.1, -0.05) is 39.0 Å². The number of hydrogen-bond acceptors (Lipinski definition) is 3. The fraction of sp³-hybridized carbons (Fsp3) is 0.800. The van der Waals surface area contributed by atoms with Crippen molar-refractivity contribution in [1.29, 1.82) is 0 Å². The molecule has 0 atom stereocenters. The summed E-state index contributed by atoms with van der Waals surface area (Å²) in [4.78, 5) is 34.5. The molecule has 0 aliphatic heterocycles. The Morgan fingerprint density at radius 3 is 2.45 bits per heavy atom. The molecular weight excluding hydrogens is 256 g/mol. The lowest BCUT2D eigenvalue weighted by molar-refractivity contribution is -0.138. The number of nitrogens with one attached hydrogen (secondary N) is 2. The van der Waals surface area contributed by atoms with E-state index in [2.05, 4.69) is 10.6 Å². The van der Waals surface area contributed by atoms with Gasteiger partial charge in [-0.25, -0.2) is 0 Å². The Balaban J connectivity index is 2.11. The average molecular weight is 282 g/mol. The van der Waals surface area contributed by atoms with Crippen molar-refractivity contribution in [3.8, 4) is 0 Å². The molecular formula is C15H26N2O3. The Morgan fingerprint density at radius 2 is 1.80 bits per heavy atom. The molecule has 0 bridgehead atoms. The third-order valence-electron chi connectivity index (χ3n) is 3.77. The molecule has 2 N–H and O–H groups in total. The van der Waals surface area contributed by atoms with E-state index in [0.29, 0.717) is 18.9 Å². The summed E-state index contributed by atoms with van der Waals surface area (Å²) in [6.45, 7) is 2.54. The third-order valence-corrected chi connectivity index (χ3v) is 3.77. The topological polar surface area (TPSA) is 75.3 Å². The molecule has 2 amide bonds. The lowest BCUT2D eigenvalue weighted by Gasteiger charge is -2.08. The lowest BCUT2D eigenvalue weighted by Crippen LogP contribution is -2.40. The molecule has 0 radical (unpaired) electrons. The van der Waals surface area contributed by atoms with Crippen LogP contribution in [0.25, 0.3) is 0 Å². The number of Topliss-reactive ketones (excluding diaryl/α,β-unsaturated/α-hetero) is 1. The van der Waals surface area contributed by atoms with Gasteiger partial charge < -0.3 is 10.6 Å². The molecule has 5 heteroatoms. The summed E-state index contributed by atoms with van der Waals surface area (Å²) in [6, 6.07) is 0. The van der Waals surface area contributed by atoms with Crippen LogP contribution in [0.4, 0.5) is 0 Å². The predicted octanol–water partition coefficient (Wildman–Crippen LogP) is 1.56. The average Bonchev–Trinajstić information content (AvgIpc) is 2.95. The van der Waals surface area contributed by atoms with Gasteiger partial charge in [-0.2, -0.15) is 0 Å². The monoisotopic (exact) mass is 282 g/mol. The number of hydrogen-bond donors (Lipinski definition) is 2. The number of carbonyl (C=O) groups excluding carboxylic acids is 3. The van der Waals surface area contributed by atoms with Gasteiger partial charge in [-0.3, -0.25) is 14.4 Å². The van der Waals surface area contributed by atoms with E-state index < -0.39 is 11.7 Å². The number of ketones is 1. The molecule has 1 rings (SSSR count). The van der Waals surface area contributed by atoms with Gasteiger partial charge in [0.05, 0.1) is 6.54 Å². The Bertz CT molecular complexity index is 336. The molecule has 0 saturated heterocycles. The molecule has 1 saturated carbocycles. The second kappa shape index (κ2) is 9.50. The Morgan fingerprint density at radius 1 is 1.10 bits per heavy atom. The van der Waals surface area contributed by atoms with Crippen LogP contribution in [-0.2, 0) is 14.4 Å². The first-order valence-corrected chi connectivity index (χ1v) is 7.71. The maximum absolute atomic E-state index is 11.6. The van der Waals surface area contributed by atoms with Crippen molar-refractivity contribution in [2.75, 3.05) is 13.1 Å². The van der Waals surface area contributed by atoms with E-state index in [1.807, 2.05) is 6.92 Å². The fourth-order valence-corrected chi connectivity index (χ4v) is 2.47. The van der Waals surface area contributed by atoms with Crippen molar-refractivity contribution in [2.24, 2.45) is 5.92 Å². The van der Waals surface area contributed by atoms with Gasteiger partial charge in [0, 0.05) is 13.0 Å². The van der Waals surface area contributed by atoms with E-state index in [0.717, 1.165) is 19.3 Å². The molecule has 1 aliphatic rings. The van der Waals surface area contributed by atoms with Crippen molar-refractivity contribution >= 4 is 17.6 Å². The van der Waals surface area contributed by atoms with Crippen LogP contribution >= 0.6 is 0 Å². The van der Waals surface area contributed by atoms with Gasteiger partial charge in [-0.15, -0.1) is 0 Å². The molecule has 0 heterocycles. The summed E-state index contributed by atoms with van der Waals surface area (Å²) in [5.41, 5.74) is 0. The number of carbonyl (C=O) groups is 3. The Kier molecular flexibility index (Phi) is 7.92. The van der Waals surface area contributed by atoms with Crippen LogP contribution < -0.4 is 10.6 Å². The number of amides is 2. The van der Waals surface area contributed by atoms with E-state index >= 15 is 0 Å². The van der Waals surface area contributed by atoms with Crippen LogP contribution in [0.1, 0.15) is 58.3 Å². The van der Waals surface area contributed by atoms with Crippen molar-refractivity contribution in [2.45, 2.75) is 58.3 Å². The summed E-state index contributed by atoms with van der Waals surface area (Å²) in [5.74, 6) is -0.675. The standard InChI is InChI=1S/C15H26N2O3/c1-2-3-10-16-14(19)11-17-15(20)13(18)9-8-12-6-4-5-7-12/h12H,2-11H2,1H3,(H,16,19)(H,17,20). The normalized spacial score (nSPS) is 15.1. The molecule has 0 aromatic heterocycles. The van der Waals surface area contributed by atoms with Gasteiger partial charge in [0.2, 0.25) is 11.7 Å². The maximum atomic E-state index is 11.6. The molecule has 0 spiro atoms. The first-order valence-electron chi connectivity index (χ1n) is 7.71. The fourth-order valence-electron chi connectivity index (χ4n) is 2.47. The first kappa shape index (κ1) is 16.7. The van der Waals surface area contributed by atoms with Crippen molar-refractivity contribution in [3.05, 3.63) is 0 Å². The van der Waals surface area contributed by atoms with Crippen LogP contribution in [-0.4, -0.2) is 30.7 Å². The highest BCUT2D eigenvalue weighted by Gasteiger charge is 2.19. The minimum Gasteiger partial charge on any atom is -0.355 e. The van der Waals surface area contributed by atoms with Crippen molar-refractivity contribution in [3.63, 3.8) is 0 Å². The summed E-state index contributed by atoms with van der Waals surface area (Å²) in [7, 11) is 0. The van der Waals surface area contributed by atoms with E-state index in [4.69, 9.17) is 0 Å². The summed E-state index contributed by atoms with van der Waals surface area (Å²) in [5, 5.41) is 5.07. The SMILES string of the molecule is CCCCNC(=O)CNC(=O)C(=O)CCC1CCCC1. The van der Waals surface area contributed by atoms with Gasteiger partial charge in [0.25, 0.3) is 5.91 Å². The third kappa shape index (κ3) is 6.68. The zero-order valence-electron chi connectivity index (χ0n) is 12.4. The molecule has 1 aliphatic carbocycles. The van der Waals surface area contributed by atoms with E-state index in [1.165, 1.54) is 25.7 Å². The zero-order chi connectivity index (χ0) is 14.8. The summed E-state index contributed by atoms with van der Waals surface area (Å²) < 4.78 is 0. The molecule has 0 aromatic rings. The smallest absolute Gasteiger partial charge is 0.287 e. The van der Waals surface area contributed by atoms with Crippen LogP contribution in [0.3, 0.4) is 0 Å². The van der Waals surface area contributed by atoms with Crippen LogP contribution in [0.5, 0.6) is 0 Å². The quantitative estimate of drug-likeness (QED) is 0.498. The molecule has 1 fully saturated rings. The van der Waals surface area contributed by atoms with Crippen molar-refractivity contribution < 1.29 is 14.4 Å². The van der Waals surface area contributed by atoms with Crippen LogP contribution in [0.2, 0.25) is 0 Å². The van der Waals surface area contributed by atoms with Crippen LogP contribution in [0.15, 0.2) is 0 Å². The number of unbranched alkanes of at least 4 members (excludes halogenated alkanes) is 1. The summed E-state index contributed by atoms with van der Waals surface area (Å²) in [6.07, 6.45) is 7.85. The summed E-state index contributed by atoms with van der Waals surface area (Å²) >= 11 is 0. The predicted molar refractivity (Wildman–Crippen MR) is 77.1 cm³/mol. The lowest BCUT2D eigenvalue weighted by atomic mass is 10.00. The van der Waals surface area contributed by atoms with E-state index in [9.17, 15) is 14.4 Å². The minimum atomic E-state index is -0.631. The maximum Gasteiger partial charge on any atom is 0.287 e. The van der Waals surface area contributed by atoms with Gasteiger partial charge >= 0.3 is 0 Å². The number of rotatable bonds is 9. The molecule has 114 valence electrons. The largest absolute Gasteiger partial charge is 0.355 e. The van der Waals surface area contributed by atoms with Gasteiger partial charge in [-0.05, 0) is 18.8 Å². The molecule has 20 heavy (non-hydrogen) atoms. The molecule has 0 unspecified atom stereocenters. The Labute approximate surface area is 120 Å². The highest BCUT2D eigenvalue weighted by Crippen LogP contribution is 2.28. The second-order valence-corrected chi connectivity index (χ2v) is 5.50. The molecule has 5 nitrogen and oxygen atoms in total. The van der Waals surface area contributed by atoms with Crippen LogP contribution in [0, 0.1) is 5.92 Å². The highest BCUT2D eigenvalue weighted by molar-refractivity contribution is 6.36. The van der Waals surface area contributed by atoms with Gasteiger partial charge in [0.1, 0.15) is 0 Å².